The molecule has 0 spiro atoms. The molecular weight excluding hydrogens is 292 g/mol. The summed E-state index contributed by atoms with van der Waals surface area (Å²) in [5.74, 6) is -0.370. The van der Waals surface area contributed by atoms with Gasteiger partial charge in [-0.2, -0.15) is 0 Å². The van der Waals surface area contributed by atoms with Crippen LogP contribution in [0, 0.1) is 0 Å². The van der Waals surface area contributed by atoms with E-state index in [0.29, 0.717) is 12.2 Å². The summed E-state index contributed by atoms with van der Waals surface area (Å²) >= 11 is 0. The predicted octanol–water partition coefficient (Wildman–Crippen LogP) is 1.36. The highest BCUT2D eigenvalue weighted by Gasteiger charge is 2.32. The molecule has 0 aliphatic rings. The lowest BCUT2D eigenvalue weighted by molar-refractivity contribution is -0.120. The lowest BCUT2D eigenvalue weighted by Crippen LogP contribution is -2.38. The number of carbonyl (C=O) groups excluding carboxylic acids is 1. The molecule has 1 unspecified atom stereocenters. The maximum absolute atomic E-state index is 12.5. The first-order chi connectivity index (χ1) is 9.84. The molecule has 0 aliphatic carbocycles. The van der Waals surface area contributed by atoms with Crippen LogP contribution in [-0.2, 0) is 14.6 Å². The van der Waals surface area contributed by atoms with Crippen LogP contribution in [0.1, 0.15) is 26.7 Å². The van der Waals surface area contributed by atoms with Crippen LogP contribution >= 0.6 is 0 Å². The summed E-state index contributed by atoms with van der Waals surface area (Å²) in [5, 5.41) is 1.44. The summed E-state index contributed by atoms with van der Waals surface area (Å²) in [6, 6.07) is 4.25. The van der Waals surface area contributed by atoms with Crippen molar-refractivity contribution >= 4 is 21.4 Å². The molecular formula is C14H22N2O4S. The van der Waals surface area contributed by atoms with Gasteiger partial charge < -0.3 is 15.8 Å². The van der Waals surface area contributed by atoms with Gasteiger partial charge in [-0.05, 0) is 25.5 Å². The summed E-state index contributed by atoms with van der Waals surface area (Å²) in [4.78, 5) is 11.9. The zero-order valence-electron chi connectivity index (χ0n) is 12.5. The number of nitrogens with two attached hydrogens (primary N) is 1. The number of methoxy groups -OCH3 is 1. The smallest absolute Gasteiger partial charge is 0.238 e. The first-order valence-electron chi connectivity index (χ1n) is 6.79. The number of nitrogens with one attached hydrogen (secondary N) is 1. The Balaban J connectivity index is 3.02. The van der Waals surface area contributed by atoms with Gasteiger partial charge in [0.05, 0.1) is 7.11 Å². The number of ether oxygens (including phenoxy) is 1. The zero-order valence-corrected chi connectivity index (χ0v) is 13.4. The third-order valence-electron chi connectivity index (χ3n) is 3.16. The second-order valence-corrected chi connectivity index (χ2v) is 6.98. The van der Waals surface area contributed by atoms with Crippen LogP contribution in [0.2, 0.25) is 0 Å². The Morgan fingerprint density at radius 3 is 2.67 bits per heavy atom. The number of amides is 1. The van der Waals surface area contributed by atoms with E-state index in [4.69, 9.17) is 10.5 Å². The maximum Gasteiger partial charge on any atom is 0.238 e. The van der Waals surface area contributed by atoms with E-state index < -0.39 is 21.0 Å². The molecule has 0 aromatic heterocycles. The Morgan fingerprint density at radius 1 is 1.43 bits per heavy atom. The van der Waals surface area contributed by atoms with E-state index in [0.717, 1.165) is 12.8 Å². The van der Waals surface area contributed by atoms with Crippen LogP contribution in [0.4, 0.5) is 5.69 Å². The highest BCUT2D eigenvalue weighted by Crippen LogP contribution is 2.29. The van der Waals surface area contributed by atoms with Gasteiger partial charge in [0.2, 0.25) is 5.91 Å². The normalized spacial score (nSPS) is 12.7. The summed E-state index contributed by atoms with van der Waals surface area (Å²) in [7, 11) is -2.47. The van der Waals surface area contributed by atoms with Gasteiger partial charge in [0, 0.05) is 18.3 Å². The number of carbonyl (C=O) groups is 1. The minimum atomic E-state index is -3.83. The second-order valence-electron chi connectivity index (χ2n) is 4.74. The van der Waals surface area contributed by atoms with E-state index in [1.807, 2.05) is 6.92 Å². The van der Waals surface area contributed by atoms with Crippen molar-refractivity contribution in [2.75, 3.05) is 19.4 Å². The number of benzene rings is 1. The molecule has 1 aromatic rings. The van der Waals surface area contributed by atoms with E-state index in [1.165, 1.54) is 32.2 Å². The van der Waals surface area contributed by atoms with E-state index in [2.05, 4.69) is 5.32 Å². The highest BCUT2D eigenvalue weighted by atomic mass is 32.2. The van der Waals surface area contributed by atoms with Crippen molar-refractivity contribution in [3.8, 4) is 5.75 Å². The molecule has 1 aromatic carbocycles. The van der Waals surface area contributed by atoms with Crippen LogP contribution in [-0.4, -0.2) is 33.2 Å². The molecule has 1 amide bonds. The third kappa shape index (κ3) is 4.10. The molecule has 0 heterocycles. The number of hydrogen-bond donors (Lipinski definition) is 2. The van der Waals surface area contributed by atoms with Gasteiger partial charge in [-0.15, -0.1) is 0 Å². The Bertz CT molecular complexity index is 599. The van der Waals surface area contributed by atoms with Gasteiger partial charge in [-0.25, -0.2) is 8.42 Å². The molecule has 0 aliphatic heterocycles. The van der Waals surface area contributed by atoms with Crippen molar-refractivity contribution in [2.24, 2.45) is 0 Å². The minimum Gasteiger partial charge on any atom is -0.495 e. The maximum atomic E-state index is 12.5. The topological polar surface area (TPSA) is 98.5 Å². The average molecular weight is 314 g/mol. The minimum absolute atomic E-state index is 0.0302. The number of sulfone groups is 1. The van der Waals surface area contributed by atoms with Gasteiger partial charge in [0.15, 0.2) is 9.84 Å². The lowest BCUT2D eigenvalue weighted by Gasteiger charge is -2.15. The highest BCUT2D eigenvalue weighted by molar-refractivity contribution is 7.92. The van der Waals surface area contributed by atoms with E-state index >= 15 is 0 Å². The fourth-order valence-corrected chi connectivity index (χ4v) is 3.21. The lowest BCUT2D eigenvalue weighted by atomic mass is 10.3. The molecule has 0 saturated heterocycles. The predicted molar refractivity (Wildman–Crippen MR) is 82.0 cm³/mol. The fraction of sp³-hybridized carbons (Fsp3) is 0.500. The van der Waals surface area contributed by atoms with Crippen molar-refractivity contribution in [1.29, 1.82) is 0 Å². The van der Waals surface area contributed by atoms with Gasteiger partial charge in [0.25, 0.3) is 0 Å². The standard InChI is InChI=1S/C14H22N2O4S/c1-4-5-8-16-14(17)10(2)21(18,19)13-7-6-11(15)9-12(13)20-3/h6-7,9-10H,4-5,8,15H2,1-3H3,(H,16,17). The monoisotopic (exact) mass is 314 g/mol. The molecule has 21 heavy (non-hydrogen) atoms. The molecule has 3 N–H and O–H groups in total. The van der Waals surface area contributed by atoms with Crippen molar-refractivity contribution in [2.45, 2.75) is 36.8 Å². The van der Waals surface area contributed by atoms with Crippen molar-refractivity contribution in [3.05, 3.63) is 18.2 Å². The van der Waals surface area contributed by atoms with Crippen LogP contribution in [0.15, 0.2) is 23.1 Å². The Morgan fingerprint density at radius 2 is 2.10 bits per heavy atom. The number of rotatable bonds is 7. The van der Waals surface area contributed by atoms with Gasteiger partial charge >= 0.3 is 0 Å². The van der Waals surface area contributed by atoms with Crippen LogP contribution in [0.3, 0.4) is 0 Å². The molecule has 118 valence electrons. The van der Waals surface area contributed by atoms with E-state index in [-0.39, 0.29) is 10.6 Å². The molecule has 6 nitrogen and oxygen atoms in total. The number of anilines is 1. The summed E-state index contributed by atoms with van der Waals surface area (Å²) in [5.41, 5.74) is 6.00. The first kappa shape index (κ1) is 17.3. The molecule has 0 fully saturated rings. The van der Waals surface area contributed by atoms with E-state index in [1.54, 1.807) is 0 Å². The third-order valence-corrected chi connectivity index (χ3v) is 5.25. The summed E-state index contributed by atoms with van der Waals surface area (Å²) in [6.45, 7) is 3.83. The van der Waals surface area contributed by atoms with Crippen molar-refractivity contribution in [3.63, 3.8) is 0 Å². The fourth-order valence-electron chi connectivity index (χ4n) is 1.78. The molecule has 0 saturated carbocycles. The largest absolute Gasteiger partial charge is 0.495 e. The number of unbranched alkanes of at least 4 members (excludes halogenated alkanes) is 1. The Kier molecular flexibility index (Phi) is 6.02. The Labute approximate surface area is 125 Å². The van der Waals surface area contributed by atoms with Crippen LogP contribution in [0.25, 0.3) is 0 Å². The summed E-state index contributed by atoms with van der Waals surface area (Å²) in [6.07, 6.45) is 1.73. The quantitative estimate of drug-likeness (QED) is 0.585. The molecule has 0 radical (unpaired) electrons. The van der Waals surface area contributed by atoms with Gasteiger partial charge in [-0.1, -0.05) is 13.3 Å². The average Bonchev–Trinajstić information content (AvgIpc) is 2.46. The number of hydrogen-bond acceptors (Lipinski definition) is 5. The van der Waals surface area contributed by atoms with E-state index in [9.17, 15) is 13.2 Å². The van der Waals surface area contributed by atoms with Gasteiger partial charge in [0.1, 0.15) is 15.9 Å². The first-order valence-corrected chi connectivity index (χ1v) is 8.34. The van der Waals surface area contributed by atoms with Crippen molar-refractivity contribution < 1.29 is 17.9 Å². The van der Waals surface area contributed by atoms with Gasteiger partial charge in [-0.3, -0.25) is 4.79 Å². The second kappa shape index (κ2) is 7.31. The van der Waals surface area contributed by atoms with Crippen LogP contribution in [0.5, 0.6) is 5.75 Å². The molecule has 1 atom stereocenters. The number of nitrogen functional groups attached to an aromatic ring is 1. The zero-order chi connectivity index (χ0) is 16.0. The molecule has 0 bridgehead atoms. The summed E-state index contributed by atoms with van der Waals surface area (Å²) < 4.78 is 30.1. The Hall–Kier alpha value is -1.76. The molecule has 1 rings (SSSR count). The van der Waals surface area contributed by atoms with Crippen LogP contribution < -0.4 is 15.8 Å². The molecule has 7 heteroatoms. The SMILES string of the molecule is CCCCNC(=O)C(C)S(=O)(=O)c1ccc(N)cc1OC. The van der Waals surface area contributed by atoms with Crippen molar-refractivity contribution in [1.82, 2.24) is 5.32 Å².